The lowest BCUT2D eigenvalue weighted by molar-refractivity contribution is -0.0220. The first-order valence-electron chi connectivity index (χ1n) is 9.83. The second-order valence-corrected chi connectivity index (χ2v) is 7.61. The van der Waals surface area contributed by atoms with E-state index in [1.165, 1.54) is 6.20 Å². The number of halogens is 2. The number of alkyl halides is 2. The molecule has 9 heteroatoms. The summed E-state index contributed by atoms with van der Waals surface area (Å²) in [7, 11) is 0. The van der Waals surface area contributed by atoms with Gasteiger partial charge < -0.3 is 21.3 Å². The Morgan fingerprint density at radius 3 is 2.45 bits per heavy atom. The van der Waals surface area contributed by atoms with Crippen molar-refractivity contribution in [3.8, 4) is 0 Å². The highest BCUT2D eigenvalue weighted by Gasteiger charge is 2.34. The van der Waals surface area contributed by atoms with Gasteiger partial charge in [-0.05, 0) is 43.5 Å². The van der Waals surface area contributed by atoms with Crippen molar-refractivity contribution < 1.29 is 13.6 Å². The molecular formula is C20H24F2N6O. The fourth-order valence-corrected chi connectivity index (χ4v) is 3.46. The minimum Gasteiger partial charge on any atom is -0.371 e. The Hall–Kier alpha value is -2.97. The van der Waals surface area contributed by atoms with Crippen LogP contribution in [0.5, 0.6) is 0 Å². The number of nitrogens with zero attached hydrogens (tertiary/aromatic N) is 3. The Kier molecular flexibility index (Phi) is 5.21. The van der Waals surface area contributed by atoms with Crippen LogP contribution in [-0.4, -0.2) is 40.9 Å². The van der Waals surface area contributed by atoms with E-state index in [2.05, 4.69) is 20.6 Å². The fourth-order valence-electron chi connectivity index (χ4n) is 3.46. The van der Waals surface area contributed by atoms with Crippen LogP contribution in [0.15, 0.2) is 30.5 Å². The quantitative estimate of drug-likeness (QED) is 0.684. The van der Waals surface area contributed by atoms with E-state index in [-0.39, 0.29) is 18.4 Å². The molecule has 1 saturated heterocycles. The molecule has 0 atom stereocenters. The lowest BCUT2D eigenvalue weighted by Crippen LogP contribution is -2.39. The van der Waals surface area contributed by atoms with Gasteiger partial charge in [-0.3, -0.25) is 4.79 Å². The van der Waals surface area contributed by atoms with Crippen molar-refractivity contribution >= 4 is 29.0 Å². The molecule has 7 nitrogen and oxygen atoms in total. The molecule has 0 spiro atoms. The molecule has 1 aliphatic heterocycles. The van der Waals surface area contributed by atoms with Crippen LogP contribution in [0.2, 0.25) is 0 Å². The molecular weight excluding hydrogens is 378 g/mol. The van der Waals surface area contributed by atoms with E-state index < -0.39 is 11.8 Å². The van der Waals surface area contributed by atoms with Crippen LogP contribution in [0.1, 0.15) is 42.5 Å². The molecule has 1 aromatic carbocycles. The number of carbonyl (C=O) groups is 1. The van der Waals surface area contributed by atoms with Crippen LogP contribution < -0.4 is 21.3 Å². The van der Waals surface area contributed by atoms with Crippen molar-refractivity contribution in [3.63, 3.8) is 0 Å². The second-order valence-electron chi connectivity index (χ2n) is 7.61. The lowest BCUT2D eigenvalue weighted by atomic mass is 9.93. The van der Waals surface area contributed by atoms with Crippen LogP contribution in [0.4, 0.5) is 31.9 Å². The molecule has 1 aromatic heterocycles. The number of piperidine rings is 1. The third-order valence-corrected chi connectivity index (χ3v) is 5.48. The van der Waals surface area contributed by atoms with E-state index in [0.717, 1.165) is 30.6 Å². The topological polar surface area (TPSA) is 96.2 Å². The molecule has 4 rings (SSSR count). The molecule has 4 N–H and O–H groups in total. The van der Waals surface area contributed by atoms with Crippen molar-refractivity contribution in [2.24, 2.45) is 5.73 Å². The molecule has 1 saturated carbocycles. The standard InChI is InChI=1S/C20H24F2N6O/c21-20(22)8-10-28(11-9-20)15-6-4-14(5-7-15)26-19-24-12-16(17(23)29)18(27-19)25-13-2-1-3-13/h4-7,12-13H,1-3,8-11H2,(H2,23,29)(H2,24,25,26,27). The van der Waals surface area contributed by atoms with Crippen LogP contribution in [0.25, 0.3) is 0 Å². The molecule has 2 aromatic rings. The van der Waals surface area contributed by atoms with Gasteiger partial charge in [-0.1, -0.05) is 0 Å². The Balaban J connectivity index is 1.44. The maximum atomic E-state index is 13.3. The second kappa shape index (κ2) is 7.81. The van der Waals surface area contributed by atoms with E-state index in [0.29, 0.717) is 30.9 Å². The predicted octanol–water partition coefficient (Wildman–Crippen LogP) is 3.52. The molecule has 29 heavy (non-hydrogen) atoms. The number of nitrogens with one attached hydrogen (secondary N) is 2. The van der Waals surface area contributed by atoms with Crippen molar-refractivity contribution in [2.75, 3.05) is 28.6 Å². The van der Waals surface area contributed by atoms with Gasteiger partial charge in [0.05, 0.1) is 5.56 Å². The van der Waals surface area contributed by atoms with Crippen molar-refractivity contribution in [2.45, 2.75) is 44.1 Å². The number of rotatable bonds is 6. The maximum Gasteiger partial charge on any atom is 0.254 e. The third kappa shape index (κ3) is 4.55. The van der Waals surface area contributed by atoms with Gasteiger partial charge in [0.2, 0.25) is 5.95 Å². The largest absolute Gasteiger partial charge is 0.371 e. The minimum atomic E-state index is -2.56. The molecule has 2 aliphatic rings. The Morgan fingerprint density at radius 2 is 1.86 bits per heavy atom. The molecule has 154 valence electrons. The predicted molar refractivity (Wildman–Crippen MR) is 108 cm³/mol. The Labute approximate surface area is 167 Å². The van der Waals surface area contributed by atoms with Gasteiger partial charge in [0.1, 0.15) is 5.82 Å². The molecule has 2 heterocycles. The van der Waals surface area contributed by atoms with Crippen molar-refractivity contribution in [1.82, 2.24) is 9.97 Å². The zero-order valence-electron chi connectivity index (χ0n) is 16.0. The molecule has 2 fully saturated rings. The molecule has 1 aliphatic carbocycles. The van der Waals surface area contributed by atoms with Gasteiger partial charge in [0.15, 0.2) is 0 Å². The highest BCUT2D eigenvalue weighted by Crippen LogP contribution is 2.31. The summed E-state index contributed by atoms with van der Waals surface area (Å²) in [6.07, 6.45) is 4.40. The zero-order chi connectivity index (χ0) is 20.4. The van der Waals surface area contributed by atoms with Crippen LogP contribution in [0, 0.1) is 0 Å². The summed E-state index contributed by atoms with van der Waals surface area (Å²) < 4.78 is 26.7. The monoisotopic (exact) mass is 402 g/mol. The van der Waals surface area contributed by atoms with Crippen LogP contribution in [0.3, 0.4) is 0 Å². The van der Waals surface area contributed by atoms with E-state index in [9.17, 15) is 13.6 Å². The first-order chi connectivity index (χ1) is 13.9. The molecule has 0 unspecified atom stereocenters. The number of hydrogen-bond donors (Lipinski definition) is 3. The number of aromatic nitrogens is 2. The van der Waals surface area contributed by atoms with Crippen molar-refractivity contribution in [1.29, 1.82) is 0 Å². The highest BCUT2D eigenvalue weighted by molar-refractivity contribution is 5.97. The number of benzene rings is 1. The summed E-state index contributed by atoms with van der Waals surface area (Å²) in [5.74, 6) is -2.35. The normalized spacial score (nSPS) is 18.8. The summed E-state index contributed by atoms with van der Waals surface area (Å²) in [5.41, 5.74) is 7.36. The number of hydrogen-bond acceptors (Lipinski definition) is 6. The van der Waals surface area contributed by atoms with Crippen molar-refractivity contribution in [3.05, 3.63) is 36.0 Å². The maximum absolute atomic E-state index is 13.3. The summed E-state index contributed by atoms with van der Waals surface area (Å²) in [5, 5.41) is 6.36. The van der Waals surface area contributed by atoms with Gasteiger partial charge in [0, 0.05) is 49.5 Å². The van der Waals surface area contributed by atoms with Gasteiger partial charge in [0.25, 0.3) is 11.8 Å². The smallest absolute Gasteiger partial charge is 0.254 e. The molecule has 0 bridgehead atoms. The van der Waals surface area contributed by atoms with Crippen LogP contribution >= 0.6 is 0 Å². The van der Waals surface area contributed by atoms with Gasteiger partial charge in [-0.25, -0.2) is 13.8 Å². The van der Waals surface area contributed by atoms with E-state index in [4.69, 9.17) is 5.73 Å². The fraction of sp³-hybridized carbons (Fsp3) is 0.450. The molecule has 1 amide bonds. The highest BCUT2D eigenvalue weighted by atomic mass is 19.3. The first kappa shape index (κ1) is 19.4. The van der Waals surface area contributed by atoms with E-state index in [1.54, 1.807) is 0 Å². The van der Waals surface area contributed by atoms with Gasteiger partial charge in [-0.15, -0.1) is 0 Å². The third-order valence-electron chi connectivity index (χ3n) is 5.48. The first-order valence-corrected chi connectivity index (χ1v) is 9.83. The average molecular weight is 402 g/mol. The number of carbonyl (C=O) groups excluding carboxylic acids is 1. The summed E-state index contributed by atoms with van der Waals surface area (Å²) in [4.78, 5) is 22.2. The van der Waals surface area contributed by atoms with E-state index >= 15 is 0 Å². The minimum absolute atomic E-state index is 0.121. The summed E-state index contributed by atoms with van der Waals surface area (Å²) in [6, 6.07) is 7.78. The van der Waals surface area contributed by atoms with E-state index in [1.807, 2.05) is 29.2 Å². The summed E-state index contributed by atoms with van der Waals surface area (Å²) in [6.45, 7) is 0.682. The lowest BCUT2D eigenvalue weighted by Gasteiger charge is -2.33. The average Bonchev–Trinajstić information content (AvgIpc) is 2.65. The number of nitrogens with two attached hydrogens (primary N) is 1. The molecule has 0 radical (unpaired) electrons. The number of amides is 1. The number of anilines is 4. The zero-order valence-corrected chi connectivity index (χ0v) is 16.0. The number of primary amides is 1. The van der Waals surface area contributed by atoms with Gasteiger partial charge >= 0.3 is 0 Å². The van der Waals surface area contributed by atoms with Crippen LogP contribution in [-0.2, 0) is 0 Å². The SMILES string of the molecule is NC(=O)c1cnc(Nc2ccc(N3CCC(F)(F)CC3)cc2)nc1NC1CCC1. The summed E-state index contributed by atoms with van der Waals surface area (Å²) >= 11 is 0. The van der Waals surface area contributed by atoms with Gasteiger partial charge in [-0.2, -0.15) is 4.98 Å². The Morgan fingerprint density at radius 1 is 1.17 bits per heavy atom. The Bertz CT molecular complexity index is 875.